The van der Waals surface area contributed by atoms with Crippen molar-refractivity contribution in [1.29, 1.82) is 0 Å². The molecule has 1 heterocycles. The number of aliphatic hydroxyl groups excluding tert-OH is 1. The summed E-state index contributed by atoms with van der Waals surface area (Å²) in [6.07, 6.45) is 4.15. The number of rotatable bonds is 4. The molecule has 2 amide bonds. The molecule has 1 fully saturated rings. The maximum Gasteiger partial charge on any atom is 0.234 e. The topological polar surface area (TPSA) is 101 Å². The summed E-state index contributed by atoms with van der Waals surface area (Å²) >= 11 is 0. The van der Waals surface area contributed by atoms with Crippen LogP contribution in [0.4, 0.5) is 0 Å². The molecule has 1 N–H and O–H groups in total. The van der Waals surface area contributed by atoms with E-state index in [4.69, 9.17) is 9.84 Å². The minimum absolute atomic E-state index is 0.0988. The summed E-state index contributed by atoms with van der Waals surface area (Å²) in [6.45, 7) is 7.29. The summed E-state index contributed by atoms with van der Waals surface area (Å²) in [5.41, 5.74) is 2.46. The van der Waals surface area contributed by atoms with Gasteiger partial charge in [-0.15, -0.1) is 0 Å². The highest BCUT2D eigenvalue weighted by atomic mass is 16.5. The summed E-state index contributed by atoms with van der Waals surface area (Å²) in [4.78, 5) is 54.9. The fourth-order valence-electron chi connectivity index (χ4n) is 6.34. The fourth-order valence-corrected chi connectivity index (χ4v) is 6.34. The molecule has 0 bridgehead atoms. The van der Waals surface area contributed by atoms with Gasteiger partial charge < -0.3 is 9.84 Å². The standard InChI is InChI=1S/C29H31NO6/c1-15-13-22(32)25-21(26(15)33)14-20-18(23(25)16-5-7-17(8-6-16)36-12-11-31)9-10-19-24(20)28(35)30(27(19)34)29(2,3)4/h5-9,13,19-20,23-24,31H,10-12,14H2,1-4H3. The lowest BCUT2D eigenvalue weighted by Gasteiger charge is -2.42. The zero-order chi connectivity index (χ0) is 25.9. The Labute approximate surface area is 210 Å². The Morgan fingerprint density at radius 2 is 1.72 bits per heavy atom. The fraction of sp³-hybridized carbons (Fsp3) is 0.448. The van der Waals surface area contributed by atoms with Gasteiger partial charge in [-0.2, -0.15) is 0 Å². The van der Waals surface area contributed by atoms with Crippen molar-refractivity contribution in [2.45, 2.75) is 52.0 Å². The van der Waals surface area contributed by atoms with E-state index in [1.165, 1.54) is 11.0 Å². The molecule has 0 aromatic heterocycles. The van der Waals surface area contributed by atoms with Crippen LogP contribution in [0.1, 0.15) is 52.0 Å². The van der Waals surface area contributed by atoms with Gasteiger partial charge in [0.1, 0.15) is 12.4 Å². The lowest BCUT2D eigenvalue weighted by molar-refractivity contribution is -0.145. The molecule has 0 radical (unpaired) electrons. The van der Waals surface area contributed by atoms with E-state index >= 15 is 0 Å². The number of ether oxygens (including phenoxy) is 1. The SMILES string of the molecule is CC1=CC(=O)C2=C(CC3C(=CCC4C(=O)N(C(C)(C)C)C(=O)C43)C2c2ccc(OCCO)cc2)C1=O. The second-order valence-corrected chi connectivity index (χ2v) is 11.1. The molecule has 4 atom stereocenters. The number of nitrogens with zero attached hydrogens (tertiary/aromatic N) is 1. The van der Waals surface area contributed by atoms with Crippen LogP contribution in [-0.2, 0) is 19.2 Å². The second-order valence-electron chi connectivity index (χ2n) is 11.1. The van der Waals surface area contributed by atoms with Gasteiger partial charge in [-0.05, 0) is 70.2 Å². The van der Waals surface area contributed by atoms with Crippen molar-refractivity contribution in [3.63, 3.8) is 0 Å². The average molecular weight is 490 g/mol. The van der Waals surface area contributed by atoms with Gasteiger partial charge in [-0.3, -0.25) is 24.1 Å². The van der Waals surface area contributed by atoms with E-state index in [9.17, 15) is 19.2 Å². The van der Waals surface area contributed by atoms with Crippen LogP contribution in [0.25, 0.3) is 0 Å². The van der Waals surface area contributed by atoms with Crippen LogP contribution in [-0.4, -0.2) is 52.1 Å². The first-order valence-electron chi connectivity index (χ1n) is 12.5. The van der Waals surface area contributed by atoms with Crippen LogP contribution >= 0.6 is 0 Å². The number of likely N-dealkylation sites (tertiary alicyclic amines) is 1. The molecular formula is C29H31NO6. The predicted octanol–water partition coefficient (Wildman–Crippen LogP) is 3.29. The molecule has 4 unspecified atom stereocenters. The number of hydrogen-bond acceptors (Lipinski definition) is 6. The minimum Gasteiger partial charge on any atom is -0.491 e. The highest BCUT2D eigenvalue weighted by molar-refractivity contribution is 6.23. The number of hydrogen-bond donors (Lipinski definition) is 1. The number of carbonyl (C=O) groups excluding carboxylic acids is 4. The molecule has 36 heavy (non-hydrogen) atoms. The first-order valence-corrected chi connectivity index (χ1v) is 12.5. The lowest BCUT2D eigenvalue weighted by Crippen LogP contribution is -2.46. The van der Waals surface area contributed by atoms with E-state index in [-0.39, 0.29) is 48.9 Å². The zero-order valence-corrected chi connectivity index (χ0v) is 21.0. The summed E-state index contributed by atoms with van der Waals surface area (Å²) in [5, 5.41) is 9.04. The van der Waals surface area contributed by atoms with Crippen LogP contribution in [0, 0.1) is 17.8 Å². The van der Waals surface area contributed by atoms with Gasteiger partial charge in [0, 0.05) is 28.2 Å². The van der Waals surface area contributed by atoms with E-state index in [2.05, 4.69) is 0 Å². The Morgan fingerprint density at radius 1 is 1.03 bits per heavy atom. The molecule has 5 rings (SSSR count). The van der Waals surface area contributed by atoms with E-state index in [0.29, 0.717) is 28.9 Å². The van der Waals surface area contributed by atoms with Crippen molar-refractivity contribution < 1.29 is 29.0 Å². The first-order chi connectivity index (χ1) is 17.0. The van der Waals surface area contributed by atoms with Crippen LogP contribution in [0.5, 0.6) is 5.75 Å². The molecule has 1 saturated heterocycles. The van der Waals surface area contributed by atoms with Crippen LogP contribution in [0.3, 0.4) is 0 Å². The number of imide groups is 1. The van der Waals surface area contributed by atoms with Gasteiger partial charge in [0.05, 0.1) is 18.4 Å². The van der Waals surface area contributed by atoms with Gasteiger partial charge in [-0.25, -0.2) is 0 Å². The maximum absolute atomic E-state index is 13.7. The summed E-state index contributed by atoms with van der Waals surface area (Å²) in [7, 11) is 0. The third-order valence-electron chi connectivity index (χ3n) is 7.81. The van der Waals surface area contributed by atoms with E-state index in [1.807, 2.05) is 39.0 Å². The Kier molecular flexibility index (Phi) is 5.86. The zero-order valence-electron chi connectivity index (χ0n) is 21.0. The molecular weight excluding hydrogens is 458 g/mol. The van der Waals surface area contributed by atoms with Crippen molar-refractivity contribution in [3.05, 3.63) is 64.3 Å². The molecule has 1 aromatic rings. The van der Waals surface area contributed by atoms with Gasteiger partial charge >= 0.3 is 0 Å². The number of Topliss-reactive ketones (excluding diaryl/α,β-unsaturated/α-hetero) is 1. The van der Waals surface area contributed by atoms with Gasteiger partial charge in [0.25, 0.3) is 0 Å². The molecule has 7 heteroatoms. The highest BCUT2D eigenvalue weighted by Crippen LogP contribution is 2.55. The first kappa shape index (κ1) is 24.4. The number of carbonyl (C=O) groups is 4. The van der Waals surface area contributed by atoms with Crippen LogP contribution in [0.15, 0.2) is 58.7 Å². The number of fused-ring (bicyclic) bond motifs is 3. The molecule has 3 aliphatic carbocycles. The van der Waals surface area contributed by atoms with Crippen molar-refractivity contribution in [2.75, 3.05) is 13.2 Å². The Balaban J connectivity index is 1.62. The molecule has 0 spiro atoms. The summed E-state index contributed by atoms with van der Waals surface area (Å²) in [6, 6.07) is 7.29. The number of ketones is 2. The average Bonchev–Trinajstić information content (AvgIpc) is 3.10. The second kappa shape index (κ2) is 8.66. The van der Waals surface area contributed by atoms with Crippen LogP contribution < -0.4 is 4.74 Å². The largest absolute Gasteiger partial charge is 0.491 e. The van der Waals surface area contributed by atoms with E-state index in [0.717, 1.165) is 11.1 Å². The molecule has 1 aliphatic heterocycles. The van der Waals surface area contributed by atoms with Gasteiger partial charge in [0.15, 0.2) is 11.6 Å². The highest BCUT2D eigenvalue weighted by Gasteiger charge is 2.58. The predicted molar refractivity (Wildman–Crippen MR) is 132 cm³/mol. The summed E-state index contributed by atoms with van der Waals surface area (Å²) < 4.78 is 5.49. The molecule has 1 aromatic carbocycles. The maximum atomic E-state index is 13.7. The normalized spacial score (nSPS) is 28.0. The number of allylic oxidation sites excluding steroid dienone is 6. The van der Waals surface area contributed by atoms with Gasteiger partial charge in [0.2, 0.25) is 11.8 Å². The molecule has 4 aliphatic rings. The van der Waals surface area contributed by atoms with Crippen molar-refractivity contribution in [3.8, 4) is 5.75 Å². The molecule has 188 valence electrons. The van der Waals surface area contributed by atoms with Crippen molar-refractivity contribution >= 4 is 23.4 Å². The van der Waals surface area contributed by atoms with Crippen molar-refractivity contribution in [2.24, 2.45) is 17.8 Å². The number of benzene rings is 1. The Hall–Kier alpha value is -3.32. The Bertz CT molecular complexity index is 1260. The molecule has 7 nitrogen and oxygen atoms in total. The minimum atomic E-state index is -0.634. The number of aliphatic hydroxyl groups is 1. The lowest BCUT2D eigenvalue weighted by atomic mass is 9.59. The monoisotopic (exact) mass is 489 g/mol. The van der Waals surface area contributed by atoms with E-state index in [1.54, 1.807) is 19.1 Å². The third-order valence-corrected chi connectivity index (χ3v) is 7.81. The van der Waals surface area contributed by atoms with Crippen LogP contribution in [0.2, 0.25) is 0 Å². The summed E-state index contributed by atoms with van der Waals surface area (Å²) in [5.74, 6) is -1.90. The van der Waals surface area contributed by atoms with Gasteiger partial charge in [-0.1, -0.05) is 23.8 Å². The Morgan fingerprint density at radius 3 is 2.36 bits per heavy atom. The van der Waals surface area contributed by atoms with E-state index < -0.39 is 23.3 Å². The number of amides is 2. The quantitative estimate of drug-likeness (QED) is 0.396. The van der Waals surface area contributed by atoms with Crippen molar-refractivity contribution in [1.82, 2.24) is 4.90 Å². The smallest absolute Gasteiger partial charge is 0.234 e. The molecule has 0 saturated carbocycles. The third kappa shape index (κ3) is 3.68.